The Labute approximate surface area is 123 Å². The Morgan fingerprint density at radius 2 is 1.81 bits per heavy atom. The van der Waals surface area contributed by atoms with Gasteiger partial charge < -0.3 is 10.4 Å². The van der Waals surface area contributed by atoms with Gasteiger partial charge in [0.15, 0.2) is 0 Å². The van der Waals surface area contributed by atoms with Crippen LogP contribution in [0.5, 0.6) is 0 Å². The van der Waals surface area contributed by atoms with Crippen LogP contribution in [-0.2, 0) is 0 Å². The molecule has 2 rings (SSSR count). The summed E-state index contributed by atoms with van der Waals surface area (Å²) in [6.07, 6.45) is -2.07. The van der Waals surface area contributed by atoms with Gasteiger partial charge in [-0.2, -0.15) is 13.2 Å². The van der Waals surface area contributed by atoms with Crippen LogP contribution in [0.1, 0.15) is 37.3 Å². The number of aliphatic hydroxyl groups excluding tert-OH is 1. The minimum absolute atomic E-state index is 0.127. The summed E-state index contributed by atoms with van der Waals surface area (Å²) in [6.45, 7) is 0.655. The number of aliphatic hydroxyl groups is 1. The monoisotopic (exact) mass is 301 g/mol. The maximum Gasteiger partial charge on any atom is 0.390 e. The SMILES string of the molecule is OCC1CCCC1CNC(CC(F)(F)F)c1ccccc1. The second kappa shape index (κ2) is 7.27. The molecule has 21 heavy (non-hydrogen) atoms. The summed E-state index contributed by atoms with van der Waals surface area (Å²) in [5.74, 6) is 0.495. The zero-order valence-electron chi connectivity index (χ0n) is 11.9. The van der Waals surface area contributed by atoms with Gasteiger partial charge in [0.05, 0.1) is 6.42 Å². The second-order valence-electron chi connectivity index (χ2n) is 5.82. The quantitative estimate of drug-likeness (QED) is 0.840. The van der Waals surface area contributed by atoms with Gasteiger partial charge in [-0.3, -0.25) is 0 Å². The third-order valence-electron chi connectivity index (χ3n) is 4.31. The molecule has 0 heterocycles. The maximum absolute atomic E-state index is 12.8. The third kappa shape index (κ3) is 5.00. The molecule has 0 bridgehead atoms. The lowest BCUT2D eigenvalue weighted by molar-refractivity contribution is -0.140. The largest absolute Gasteiger partial charge is 0.396 e. The lowest BCUT2D eigenvalue weighted by Gasteiger charge is -2.24. The van der Waals surface area contributed by atoms with Crippen LogP contribution in [0.25, 0.3) is 0 Å². The van der Waals surface area contributed by atoms with Crippen molar-refractivity contribution in [2.75, 3.05) is 13.2 Å². The van der Waals surface area contributed by atoms with E-state index in [0.29, 0.717) is 12.1 Å². The van der Waals surface area contributed by atoms with E-state index in [0.717, 1.165) is 19.3 Å². The van der Waals surface area contributed by atoms with Crippen molar-refractivity contribution >= 4 is 0 Å². The average Bonchev–Trinajstić information content (AvgIpc) is 2.90. The predicted octanol–water partition coefficient (Wildman–Crippen LogP) is 3.68. The molecule has 0 aliphatic heterocycles. The van der Waals surface area contributed by atoms with Gasteiger partial charge in [0, 0.05) is 12.6 Å². The maximum atomic E-state index is 12.8. The van der Waals surface area contributed by atoms with E-state index in [9.17, 15) is 18.3 Å². The summed E-state index contributed by atoms with van der Waals surface area (Å²) in [6, 6.07) is 8.04. The topological polar surface area (TPSA) is 32.3 Å². The molecule has 1 aromatic carbocycles. The van der Waals surface area contributed by atoms with Crippen LogP contribution in [0.15, 0.2) is 30.3 Å². The van der Waals surface area contributed by atoms with Crippen LogP contribution < -0.4 is 5.32 Å². The molecule has 0 saturated heterocycles. The fourth-order valence-electron chi connectivity index (χ4n) is 3.14. The molecule has 0 amide bonds. The van der Waals surface area contributed by atoms with Crippen LogP contribution in [0, 0.1) is 11.8 Å². The van der Waals surface area contributed by atoms with Crippen LogP contribution in [0.4, 0.5) is 13.2 Å². The van der Waals surface area contributed by atoms with E-state index in [1.165, 1.54) is 0 Å². The first-order valence-corrected chi connectivity index (χ1v) is 7.45. The van der Waals surface area contributed by atoms with Crippen LogP contribution >= 0.6 is 0 Å². The van der Waals surface area contributed by atoms with E-state index in [1.54, 1.807) is 30.3 Å². The summed E-state index contributed by atoms with van der Waals surface area (Å²) >= 11 is 0. The van der Waals surface area contributed by atoms with Gasteiger partial charge in [-0.05, 0) is 36.8 Å². The number of hydrogen-bond acceptors (Lipinski definition) is 2. The van der Waals surface area contributed by atoms with Crippen molar-refractivity contribution in [1.82, 2.24) is 5.32 Å². The Morgan fingerprint density at radius 1 is 1.14 bits per heavy atom. The minimum atomic E-state index is -4.19. The highest BCUT2D eigenvalue weighted by atomic mass is 19.4. The molecule has 1 aliphatic rings. The lowest BCUT2D eigenvalue weighted by atomic mass is 9.95. The van der Waals surface area contributed by atoms with Crippen molar-refractivity contribution in [2.24, 2.45) is 11.8 Å². The van der Waals surface area contributed by atoms with E-state index in [4.69, 9.17) is 0 Å². The van der Waals surface area contributed by atoms with Crippen LogP contribution in [-0.4, -0.2) is 24.4 Å². The normalized spacial score (nSPS) is 24.2. The number of alkyl halides is 3. The van der Waals surface area contributed by atoms with Gasteiger partial charge in [-0.25, -0.2) is 0 Å². The highest BCUT2D eigenvalue weighted by molar-refractivity contribution is 5.19. The smallest absolute Gasteiger partial charge is 0.390 e. The van der Waals surface area contributed by atoms with E-state index < -0.39 is 18.6 Å². The van der Waals surface area contributed by atoms with Gasteiger partial charge in [0.1, 0.15) is 0 Å². The average molecular weight is 301 g/mol. The van der Waals surface area contributed by atoms with Gasteiger partial charge in [0.2, 0.25) is 0 Å². The number of halogens is 3. The van der Waals surface area contributed by atoms with Crippen molar-refractivity contribution in [2.45, 2.75) is 37.9 Å². The fraction of sp³-hybridized carbons (Fsp3) is 0.625. The van der Waals surface area contributed by atoms with Crippen LogP contribution in [0.2, 0.25) is 0 Å². The molecule has 118 valence electrons. The Kier molecular flexibility index (Phi) is 5.65. The molecule has 2 nitrogen and oxygen atoms in total. The van der Waals surface area contributed by atoms with E-state index in [2.05, 4.69) is 5.32 Å². The minimum Gasteiger partial charge on any atom is -0.396 e. The van der Waals surface area contributed by atoms with Gasteiger partial charge in [0.25, 0.3) is 0 Å². The molecule has 2 N–H and O–H groups in total. The first-order chi connectivity index (χ1) is 9.99. The highest BCUT2D eigenvalue weighted by Gasteiger charge is 2.33. The van der Waals surface area contributed by atoms with Crippen LogP contribution in [0.3, 0.4) is 0 Å². The van der Waals surface area contributed by atoms with Crippen molar-refractivity contribution < 1.29 is 18.3 Å². The number of rotatable bonds is 6. The van der Waals surface area contributed by atoms with E-state index in [1.807, 2.05) is 0 Å². The number of nitrogens with one attached hydrogen (secondary N) is 1. The summed E-state index contributed by atoms with van der Waals surface area (Å²) in [4.78, 5) is 0. The Bertz CT molecular complexity index is 421. The van der Waals surface area contributed by atoms with Crippen molar-refractivity contribution in [1.29, 1.82) is 0 Å². The summed E-state index contributed by atoms with van der Waals surface area (Å²) in [7, 11) is 0. The fourth-order valence-corrected chi connectivity index (χ4v) is 3.14. The first kappa shape index (κ1) is 16.3. The molecular weight excluding hydrogens is 279 g/mol. The molecule has 1 fully saturated rings. The standard InChI is InChI=1S/C16H22F3NO/c17-16(18,19)9-15(12-5-2-1-3-6-12)20-10-13-7-4-8-14(13)11-21/h1-3,5-6,13-15,20-21H,4,7-11H2. The van der Waals surface area contributed by atoms with Gasteiger partial charge in [-0.1, -0.05) is 36.8 Å². The molecule has 1 saturated carbocycles. The summed E-state index contributed by atoms with van der Waals surface area (Å²) in [5.41, 5.74) is 0.661. The number of hydrogen-bond donors (Lipinski definition) is 2. The van der Waals surface area contributed by atoms with E-state index in [-0.39, 0.29) is 18.4 Å². The summed E-state index contributed by atoms with van der Waals surface area (Å²) in [5, 5.41) is 12.4. The predicted molar refractivity (Wildman–Crippen MR) is 75.8 cm³/mol. The molecule has 5 heteroatoms. The summed E-state index contributed by atoms with van der Waals surface area (Å²) < 4.78 is 38.3. The molecule has 0 spiro atoms. The van der Waals surface area contributed by atoms with Gasteiger partial charge >= 0.3 is 6.18 Å². The molecular formula is C16H22F3NO. The highest BCUT2D eigenvalue weighted by Crippen LogP contribution is 2.33. The zero-order valence-corrected chi connectivity index (χ0v) is 11.9. The molecule has 3 unspecified atom stereocenters. The molecule has 1 aliphatic carbocycles. The molecule has 1 aromatic rings. The Morgan fingerprint density at radius 3 is 2.43 bits per heavy atom. The molecule has 0 aromatic heterocycles. The molecule has 3 atom stereocenters. The Balaban J connectivity index is 1.99. The second-order valence-corrected chi connectivity index (χ2v) is 5.82. The number of benzene rings is 1. The zero-order chi connectivity index (χ0) is 15.3. The molecule has 0 radical (unpaired) electrons. The lowest BCUT2D eigenvalue weighted by Crippen LogP contribution is -2.32. The van der Waals surface area contributed by atoms with Crippen molar-refractivity contribution in [3.8, 4) is 0 Å². The van der Waals surface area contributed by atoms with Gasteiger partial charge in [-0.15, -0.1) is 0 Å². The Hall–Kier alpha value is -1.07. The third-order valence-corrected chi connectivity index (χ3v) is 4.31. The van der Waals surface area contributed by atoms with Crippen molar-refractivity contribution in [3.05, 3.63) is 35.9 Å². The first-order valence-electron chi connectivity index (χ1n) is 7.45. The van der Waals surface area contributed by atoms with E-state index >= 15 is 0 Å². The van der Waals surface area contributed by atoms with Crippen molar-refractivity contribution in [3.63, 3.8) is 0 Å².